The number of carbonyl (C=O) groups excluding carboxylic acids is 2. The number of hydrogen-bond donors (Lipinski definition) is 1. The van der Waals surface area contributed by atoms with E-state index in [-0.39, 0.29) is 34.9 Å². The van der Waals surface area contributed by atoms with Crippen molar-refractivity contribution in [3.8, 4) is 28.4 Å². The van der Waals surface area contributed by atoms with Crippen LogP contribution in [0.5, 0.6) is 11.5 Å². The van der Waals surface area contributed by atoms with Crippen molar-refractivity contribution in [1.82, 2.24) is 9.78 Å². The SMILES string of the molecule is CCOc1cc(-c2nn(-c3ccccc3)c(C(=O)OC)c2C(=O)OC)cc([N+](=O)[O-])c1OC(C)C(=O)O. The molecule has 0 aliphatic carbocycles. The number of para-hydroxylation sites is 1. The monoisotopic (exact) mass is 513 g/mol. The lowest BCUT2D eigenvalue weighted by molar-refractivity contribution is -0.386. The van der Waals surface area contributed by atoms with Crippen LogP contribution < -0.4 is 9.47 Å². The Morgan fingerprint density at radius 2 is 1.76 bits per heavy atom. The van der Waals surface area contributed by atoms with Crippen LogP contribution in [-0.2, 0) is 14.3 Å². The molecule has 13 nitrogen and oxygen atoms in total. The van der Waals surface area contributed by atoms with Gasteiger partial charge in [-0.05, 0) is 32.0 Å². The van der Waals surface area contributed by atoms with E-state index in [1.54, 1.807) is 37.3 Å². The third-order valence-corrected chi connectivity index (χ3v) is 5.10. The first-order chi connectivity index (χ1) is 17.6. The largest absolute Gasteiger partial charge is 0.490 e. The minimum absolute atomic E-state index is 0.00529. The zero-order valence-corrected chi connectivity index (χ0v) is 20.3. The van der Waals surface area contributed by atoms with Crippen molar-refractivity contribution in [2.24, 2.45) is 0 Å². The highest BCUT2D eigenvalue weighted by atomic mass is 16.6. The minimum Gasteiger partial charge on any atom is -0.490 e. The van der Waals surface area contributed by atoms with Crippen molar-refractivity contribution < 1.29 is 43.4 Å². The average molecular weight is 513 g/mol. The minimum atomic E-state index is -1.43. The van der Waals surface area contributed by atoms with E-state index in [9.17, 15) is 29.6 Å². The lowest BCUT2D eigenvalue weighted by atomic mass is 10.0. The van der Waals surface area contributed by atoms with Crippen LogP contribution in [0.1, 0.15) is 34.7 Å². The molecule has 1 N–H and O–H groups in total. The van der Waals surface area contributed by atoms with Crippen LogP contribution in [0.25, 0.3) is 16.9 Å². The van der Waals surface area contributed by atoms with Crippen molar-refractivity contribution in [3.05, 3.63) is 63.8 Å². The number of benzene rings is 2. The maximum absolute atomic E-state index is 12.9. The second-order valence-corrected chi connectivity index (χ2v) is 7.41. The summed E-state index contributed by atoms with van der Waals surface area (Å²) >= 11 is 0. The fourth-order valence-corrected chi connectivity index (χ4v) is 3.42. The molecule has 0 saturated carbocycles. The van der Waals surface area contributed by atoms with E-state index in [0.717, 1.165) is 25.0 Å². The number of esters is 2. The Labute approximate surface area is 210 Å². The topological polar surface area (TPSA) is 169 Å². The molecule has 0 aliphatic heterocycles. The number of nitro benzene ring substituents is 1. The standard InChI is InChI=1S/C24H23N3O10/c1-5-36-17-12-14(11-16(27(32)33)21(17)37-13(2)22(28)29)19-18(23(30)34-3)20(24(31)35-4)26(25-19)15-9-7-6-8-10-15/h6-13H,5H2,1-4H3,(H,28,29). The fraction of sp³-hybridized carbons (Fsp3) is 0.250. The molecule has 0 saturated heterocycles. The summed E-state index contributed by atoms with van der Waals surface area (Å²) in [5, 5.41) is 25.6. The summed E-state index contributed by atoms with van der Waals surface area (Å²) in [6.45, 7) is 2.87. The lowest BCUT2D eigenvalue weighted by Crippen LogP contribution is -2.23. The molecule has 2 aromatic carbocycles. The van der Waals surface area contributed by atoms with Gasteiger partial charge in [-0.2, -0.15) is 5.10 Å². The van der Waals surface area contributed by atoms with Gasteiger partial charge < -0.3 is 24.1 Å². The van der Waals surface area contributed by atoms with E-state index in [1.165, 1.54) is 13.0 Å². The van der Waals surface area contributed by atoms with Crippen molar-refractivity contribution in [2.75, 3.05) is 20.8 Å². The first-order valence-electron chi connectivity index (χ1n) is 10.8. The summed E-state index contributed by atoms with van der Waals surface area (Å²) in [5.74, 6) is -3.78. The van der Waals surface area contributed by atoms with Crippen molar-refractivity contribution >= 4 is 23.6 Å². The smallest absolute Gasteiger partial charge is 0.357 e. The average Bonchev–Trinajstić information content (AvgIpc) is 3.29. The quantitative estimate of drug-likeness (QED) is 0.240. The second kappa shape index (κ2) is 11.2. The number of nitrogens with zero attached hydrogens (tertiary/aromatic N) is 3. The van der Waals surface area contributed by atoms with E-state index >= 15 is 0 Å². The number of aliphatic carboxylic acids is 1. The van der Waals surface area contributed by atoms with Gasteiger partial charge in [-0.1, -0.05) is 18.2 Å². The molecule has 1 aromatic heterocycles. The zero-order valence-electron chi connectivity index (χ0n) is 20.3. The molecule has 0 radical (unpaired) electrons. The first kappa shape index (κ1) is 26.7. The van der Waals surface area contributed by atoms with Gasteiger partial charge in [-0.15, -0.1) is 0 Å². The molecule has 1 unspecified atom stereocenters. The number of ether oxygens (including phenoxy) is 4. The van der Waals surface area contributed by atoms with Crippen LogP contribution in [0.2, 0.25) is 0 Å². The summed E-state index contributed by atoms with van der Waals surface area (Å²) < 4.78 is 21.8. The zero-order chi connectivity index (χ0) is 27.3. The maximum Gasteiger partial charge on any atom is 0.357 e. The molecule has 1 atom stereocenters. The predicted molar refractivity (Wildman–Crippen MR) is 127 cm³/mol. The molecule has 37 heavy (non-hydrogen) atoms. The van der Waals surface area contributed by atoms with Crippen LogP contribution in [0.15, 0.2) is 42.5 Å². The Morgan fingerprint density at radius 1 is 1.11 bits per heavy atom. The van der Waals surface area contributed by atoms with E-state index in [0.29, 0.717) is 5.69 Å². The van der Waals surface area contributed by atoms with Gasteiger partial charge in [0, 0.05) is 11.6 Å². The molecule has 3 aromatic rings. The third-order valence-electron chi connectivity index (χ3n) is 5.10. The predicted octanol–water partition coefficient (Wildman–Crippen LogP) is 3.27. The number of carboxylic acids is 1. The van der Waals surface area contributed by atoms with Crippen LogP contribution in [0.4, 0.5) is 5.69 Å². The summed E-state index contributed by atoms with van der Waals surface area (Å²) in [6.07, 6.45) is -1.43. The number of nitro groups is 1. The molecule has 0 amide bonds. The van der Waals surface area contributed by atoms with Gasteiger partial charge in [0.2, 0.25) is 5.75 Å². The lowest BCUT2D eigenvalue weighted by Gasteiger charge is -2.16. The van der Waals surface area contributed by atoms with Gasteiger partial charge in [0.05, 0.1) is 31.4 Å². The highest BCUT2D eigenvalue weighted by Crippen LogP contribution is 2.43. The fourth-order valence-electron chi connectivity index (χ4n) is 3.42. The summed E-state index contributed by atoms with van der Waals surface area (Å²) in [6, 6.07) is 10.7. The normalized spacial score (nSPS) is 11.4. The van der Waals surface area contributed by atoms with Crippen molar-refractivity contribution in [3.63, 3.8) is 0 Å². The number of methoxy groups -OCH3 is 2. The highest BCUT2D eigenvalue weighted by Gasteiger charge is 2.34. The molecule has 194 valence electrons. The van der Waals surface area contributed by atoms with Gasteiger partial charge >= 0.3 is 23.6 Å². The summed E-state index contributed by atoms with van der Waals surface area (Å²) in [4.78, 5) is 48.1. The van der Waals surface area contributed by atoms with Gasteiger partial charge in [-0.3, -0.25) is 10.1 Å². The Kier molecular flexibility index (Phi) is 8.07. The molecule has 13 heteroatoms. The highest BCUT2D eigenvalue weighted by molar-refractivity contribution is 6.07. The molecule has 0 spiro atoms. The molecular weight excluding hydrogens is 490 g/mol. The number of aromatic nitrogens is 2. The van der Waals surface area contributed by atoms with Crippen LogP contribution >= 0.6 is 0 Å². The maximum atomic E-state index is 12.9. The van der Waals surface area contributed by atoms with Gasteiger partial charge in [-0.25, -0.2) is 19.1 Å². The Morgan fingerprint density at radius 3 is 2.30 bits per heavy atom. The number of hydrogen-bond acceptors (Lipinski definition) is 10. The number of carboxylic acid groups (broad SMARTS) is 1. The number of carbonyl (C=O) groups is 3. The van der Waals surface area contributed by atoms with Gasteiger partial charge in [0.25, 0.3) is 0 Å². The van der Waals surface area contributed by atoms with Crippen molar-refractivity contribution in [1.29, 1.82) is 0 Å². The van der Waals surface area contributed by atoms with E-state index in [2.05, 4.69) is 5.10 Å². The molecule has 1 heterocycles. The Balaban J connectivity index is 2.39. The number of rotatable bonds is 10. The summed E-state index contributed by atoms with van der Waals surface area (Å²) in [7, 11) is 2.23. The second-order valence-electron chi connectivity index (χ2n) is 7.41. The van der Waals surface area contributed by atoms with Gasteiger partial charge in [0.15, 0.2) is 17.5 Å². The molecular formula is C24H23N3O10. The molecule has 0 bridgehead atoms. The van der Waals surface area contributed by atoms with Gasteiger partial charge in [0.1, 0.15) is 11.3 Å². The molecule has 0 fully saturated rings. The van der Waals surface area contributed by atoms with Crippen molar-refractivity contribution in [2.45, 2.75) is 20.0 Å². The van der Waals surface area contributed by atoms with E-state index in [1.807, 2.05) is 0 Å². The molecule has 0 aliphatic rings. The van der Waals surface area contributed by atoms with Crippen LogP contribution in [0, 0.1) is 10.1 Å². The Hall–Kier alpha value is -4.94. The molecule has 3 rings (SSSR count). The summed E-state index contributed by atoms with van der Waals surface area (Å²) in [5.41, 5.74) is -0.949. The first-order valence-corrected chi connectivity index (χ1v) is 10.8. The van der Waals surface area contributed by atoms with Crippen LogP contribution in [-0.4, -0.2) is 64.6 Å². The van der Waals surface area contributed by atoms with E-state index in [4.69, 9.17) is 18.9 Å². The van der Waals surface area contributed by atoms with Crippen LogP contribution in [0.3, 0.4) is 0 Å². The Bertz CT molecular complexity index is 1350. The van der Waals surface area contributed by atoms with E-state index < -0.39 is 40.4 Å². The third kappa shape index (κ3) is 5.34.